The summed E-state index contributed by atoms with van der Waals surface area (Å²) >= 11 is 0. The molecule has 0 unspecified atom stereocenters. The Morgan fingerprint density at radius 3 is 2.56 bits per heavy atom. The van der Waals surface area contributed by atoms with Gasteiger partial charge in [-0.25, -0.2) is 0 Å². The summed E-state index contributed by atoms with van der Waals surface area (Å²) in [6, 6.07) is 0. The monoisotopic (exact) mass is 122 g/mol. The summed E-state index contributed by atoms with van der Waals surface area (Å²) < 4.78 is 0. The van der Waals surface area contributed by atoms with Crippen LogP contribution in [0.15, 0.2) is 12.2 Å². The van der Waals surface area contributed by atoms with Gasteiger partial charge in [0.15, 0.2) is 5.78 Å². The molecule has 1 saturated carbocycles. The SMILES string of the molecule is O=C1C=CC2(CC1)CC2. The van der Waals surface area contributed by atoms with E-state index < -0.39 is 0 Å². The van der Waals surface area contributed by atoms with Crippen molar-refractivity contribution in [2.75, 3.05) is 0 Å². The highest BCUT2D eigenvalue weighted by molar-refractivity contribution is 5.90. The van der Waals surface area contributed by atoms with Crippen LogP contribution in [0, 0.1) is 5.41 Å². The molecule has 0 heterocycles. The van der Waals surface area contributed by atoms with Gasteiger partial charge in [0, 0.05) is 6.42 Å². The molecule has 2 rings (SSSR count). The molecule has 9 heavy (non-hydrogen) atoms. The third-order valence-electron chi connectivity index (χ3n) is 2.38. The van der Waals surface area contributed by atoms with E-state index in [2.05, 4.69) is 6.08 Å². The van der Waals surface area contributed by atoms with E-state index in [1.165, 1.54) is 12.8 Å². The Bertz CT molecular complexity index is 175. The van der Waals surface area contributed by atoms with Gasteiger partial charge in [0.2, 0.25) is 0 Å². The molecule has 0 aromatic carbocycles. The molecular weight excluding hydrogens is 112 g/mol. The summed E-state index contributed by atoms with van der Waals surface area (Å²) in [7, 11) is 0. The van der Waals surface area contributed by atoms with Gasteiger partial charge in [0.25, 0.3) is 0 Å². The first-order valence-electron chi connectivity index (χ1n) is 3.53. The van der Waals surface area contributed by atoms with Gasteiger partial charge in [-0.3, -0.25) is 4.79 Å². The molecule has 0 N–H and O–H groups in total. The van der Waals surface area contributed by atoms with E-state index in [0.717, 1.165) is 12.8 Å². The highest BCUT2D eigenvalue weighted by Crippen LogP contribution is 2.52. The summed E-state index contributed by atoms with van der Waals surface area (Å²) in [5.74, 6) is 0.313. The maximum absolute atomic E-state index is 10.7. The summed E-state index contributed by atoms with van der Waals surface area (Å²) in [6.45, 7) is 0. The van der Waals surface area contributed by atoms with Crippen molar-refractivity contribution in [3.8, 4) is 0 Å². The number of carbonyl (C=O) groups excluding carboxylic acids is 1. The van der Waals surface area contributed by atoms with Gasteiger partial charge in [0.05, 0.1) is 0 Å². The van der Waals surface area contributed by atoms with Crippen LogP contribution in [-0.2, 0) is 4.79 Å². The molecule has 1 heteroatoms. The maximum atomic E-state index is 10.7. The first-order valence-corrected chi connectivity index (χ1v) is 3.53. The molecule has 0 aromatic rings. The van der Waals surface area contributed by atoms with Crippen LogP contribution in [0.2, 0.25) is 0 Å². The minimum atomic E-state index is 0.313. The van der Waals surface area contributed by atoms with E-state index in [4.69, 9.17) is 0 Å². The smallest absolute Gasteiger partial charge is 0.155 e. The standard InChI is InChI=1S/C8H10O/c9-7-1-3-8(4-2-7)5-6-8/h1,3H,2,4-6H2. The Morgan fingerprint density at radius 2 is 2.11 bits per heavy atom. The second-order valence-electron chi connectivity index (χ2n) is 3.16. The van der Waals surface area contributed by atoms with E-state index in [9.17, 15) is 4.79 Å². The van der Waals surface area contributed by atoms with Crippen LogP contribution in [0.1, 0.15) is 25.7 Å². The topological polar surface area (TPSA) is 17.1 Å². The number of hydrogen-bond donors (Lipinski definition) is 0. The number of rotatable bonds is 0. The average Bonchev–Trinajstić information content (AvgIpc) is 2.60. The van der Waals surface area contributed by atoms with Gasteiger partial charge >= 0.3 is 0 Å². The van der Waals surface area contributed by atoms with E-state index in [-0.39, 0.29) is 0 Å². The van der Waals surface area contributed by atoms with Crippen LogP contribution in [0.25, 0.3) is 0 Å². The lowest BCUT2D eigenvalue weighted by Gasteiger charge is -2.11. The number of ketones is 1. The van der Waals surface area contributed by atoms with Crippen molar-refractivity contribution in [1.82, 2.24) is 0 Å². The average molecular weight is 122 g/mol. The van der Waals surface area contributed by atoms with Crippen LogP contribution in [0.3, 0.4) is 0 Å². The molecule has 48 valence electrons. The lowest BCUT2D eigenvalue weighted by Crippen LogP contribution is -2.07. The van der Waals surface area contributed by atoms with Gasteiger partial charge in [-0.15, -0.1) is 0 Å². The van der Waals surface area contributed by atoms with Crippen molar-refractivity contribution < 1.29 is 4.79 Å². The maximum Gasteiger partial charge on any atom is 0.155 e. The van der Waals surface area contributed by atoms with Gasteiger partial charge in [-0.2, -0.15) is 0 Å². The van der Waals surface area contributed by atoms with Crippen molar-refractivity contribution in [2.24, 2.45) is 5.41 Å². The molecule has 2 aliphatic carbocycles. The summed E-state index contributed by atoms with van der Waals surface area (Å²) in [6.07, 6.45) is 8.40. The first-order chi connectivity index (χ1) is 4.31. The molecule has 1 spiro atoms. The highest BCUT2D eigenvalue weighted by Gasteiger charge is 2.41. The molecule has 2 aliphatic rings. The Kier molecular flexibility index (Phi) is 0.850. The molecule has 0 atom stereocenters. The third kappa shape index (κ3) is 0.805. The fourth-order valence-electron chi connectivity index (χ4n) is 1.39. The number of hydrogen-bond acceptors (Lipinski definition) is 1. The molecule has 0 radical (unpaired) electrons. The summed E-state index contributed by atoms with van der Waals surface area (Å²) in [5, 5.41) is 0. The fourth-order valence-corrected chi connectivity index (χ4v) is 1.39. The van der Waals surface area contributed by atoms with Crippen molar-refractivity contribution >= 4 is 5.78 Å². The quantitative estimate of drug-likeness (QED) is 0.477. The Balaban J connectivity index is 2.18. The molecule has 0 amide bonds. The lowest BCUT2D eigenvalue weighted by molar-refractivity contribution is -0.115. The molecule has 0 aliphatic heterocycles. The van der Waals surface area contributed by atoms with E-state index in [1.54, 1.807) is 6.08 Å². The van der Waals surface area contributed by atoms with Crippen LogP contribution >= 0.6 is 0 Å². The van der Waals surface area contributed by atoms with Crippen molar-refractivity contribution in [3.63, 3.8) is 0 Å². The lowest BCUT2D eigenvalue weighted by atomic mass is 9.93. The molecule has 1 nitrogen and oxygen atoms in total. The fraction of sp³-hybridized carbons (Fsp3) is 0.625. The Labute approximate surface area is 54.8 Å². The zero-order valence-corrected chi connectivity index (χ0v) is 5.39. The minimum Gasteiger partial charge on any atom is -0.295 e. The Hall–Kier alpha value is -0.590. The molecule has 0 bridgehead atoms. The highest BCUT2D eigenvalue weighted by atomic mass is 16.1. The normalized spacial score (nSPS) is 29.1. The summed E-state index contributed by atoms with van der Waals surface area (Å²) in [4.78, 5) is 10.7. The predicted octanol–water partition coefficient (Wildman–Crippen LogP) is 1.69. The van der Waals surface area contributed by atoms with Crippen molar-refractivity contribution in [3.05, 3.63) is 12.2 Å². The van der Waals surface area contributed by atoms with Gasteiger partial charge in [-0.1, -0.05) is 6.08 Å². The molecule has 1 fully saturated rings. The van der Waals surface area contributed by atoms with Gasteiger partial charge in [0.1, 0.15) is 0 Å². The Morgan fingerprint density at radius 1 is 1.33 bits per heavy atom. The second-order valence-corrected chi connectivity index (χ2v) is 3.16. The first kappa shape index (κ1) is 5.21. The molecule has 0 saturated heterocycles. The van der Waals surface area contributed by atoms with Gasteiger partial charge < -0.3 is 0 Å². The van der Waals surface area contributed by atoms with Crippen molar-refractivity contribution in [1.29, 1.82) is 0 Å². The zero-order valence-electron chi connectivity index (χ0n) is 5.39. The molecule has 0 aromatic heterocycles. The molecular formula is C8H10O. The summed E-state index contributed by atoms with van der Waals surface area (Å²) in [5.41, 5.74) is 0.508. The second kappa shape index (κ2) is 1.47. The van der Waals surface area contributed by atoms with Crippen molar-refractivity contribution in [2.45, 2.75) is 25.7 Å². The van der Waals surface area contributed by atoms with Gasteiger partial charge in [-0.05, 0) is 30.8 Å². The number of carbonyl (C=O) groups is 1. The van der Waals surface area contributed by atoms with E-state index in [0.29, 0.717) is 11.2 Å². The van der Waals surface area contributed by atoms with Crippen LogP contribution in [-0.4, -0.2) is 5.78 Å². The third-order valence-corrected chi connectivity index (χ3v) is 2.38. The van der Waals surface area contributed by atoms with E-state index in [1.807, 2.05) is 0 Å². The largest absolute Gasteiger partial charge is 0.295 e. The zero-order chi connectivity index (χ0) is 6.32. The predicted molar refractivity (Wildman–Crippen MR) is 35.0 cm³/mol. The van der Waals surface area contributed by atoms with Crippen LogP contribution in [0.4, 0.5) is 0 Å². The minimum absolute atomic E-state index is 0.313. The van der Waals surface area contributed by atoms with Crippen LogP contribution < -0.4 is 0 Å². The van der Waals surface area contributed by atoms with E-state index >= 15 is 0 Å². The number of allylic oxidation sites excluding steroid dienone is 2. The van der Waals surface area contributed by atoms with Crippen LogP contribution in [0.5, 0.6) is 0 Å².